The van der Waals surface area contributed by atoms with Gasteiger partial charge in [-0.05, 0) is 38.8 Å². The number of hydrogen-bond donors (Lipinski definition) is 2. The zero-order valence-corrected chi connectivity index (χ0v) is 19.1. The molecule has 10 nitrogen and oxygen atoms in total. The number of sulfonamides is 1. The Labute approximate surface area is 191 Å². The summed E-state index contributed by atoms with van der Waals surface area (Å²) in [4.78, 5) is 36.2. The predicted octanol–water partition coefficient (Wildman–Crippen LogP) is 1.29. The molecule has 0 aromatic heterocycles. The van der Waals surface area contributed by atoms with E-state index in [2.05, 4.69) is 10.6 Å². The minimum atomic E-state index is -4.01. The number of piperidine rings is 1. The smallest absolute Gasteiger partial charge is 0.338 e. The zero-order valence-electron chi connectivity index (χ0n) is 18.3. The molecule has 1 atom stereocenters. The Morgan fingerprint density at radius 1 is 1.18 bits per heavy atom. The molecule has 1 fully saturated rings. The van der Waals surface area contributed by atoms with E-state index in [4.69, 9.17) is 9.47 Å². The van der Waals surface area contributed by atoms with Crippen molar-refractivity contribution in [1.82, 2.24) is 14.9 Å². The van der Waals surface area contributed by atoms with Crippen LogP contribution in [0.25, 0.3) is 0 Å². The van der Waals surface area contributed by atoms with Crippen LogP contribution in [0, 0.1) is 11.7 Å². The molecular formula is C21H26FN3O7S. The summed E-state index contributed by atoms with van der Waals surface area (Å²) in [5, 5.41) is 5.02. The molecule has 0 unspecified atom stereocenters. The molecule has 2 amide bonds. The van der Waals surface area contributed by atoms with Crippen LogP contribution in [0.2, 0.25) is 0 Å². The van der Waals surface area contributed by atoms with E-state index in [0.29, 0.717) is 0 Å². The lowest BCUT2D eigenvalue weighted by molar-refractivity contribution is -0.149. The van der Waals surface area contributed by atoms with Gasteiger partial charge in [-0.15, -0.1) is 0 Å². The van der Waals surface area contributed by atoms with E-state index in [1.54, 1.807) is 13.8 Å². The van der Waals surface area contributed by atoms with Crippen LogP contribution in [0.3, 0.4) is 0 Å². The zero-order chi connectivity index (χ0) is 24.2. The average molecular weight is 484 g/mol. The minimum absolute atomic E-state index is 0.0326. The summed E-state index contributed by atoms with van der Waals surface area (Å²) in [5.41, 5.74) is 0.299. The van der Waals surface area contributed by atoms with Crippen LogP contribution in [0.4, 0.5) is 9.18 Å². The number of nitrogens with one attached hydrogen (secondary N) is 2. The highest BCUT2D eigenvalue weighted by Gasteiger charge is 2.35. The van der Waals surface area contributed by atoms with Crippen LogP contribution in [-0.2, 0) is 29.1 Å². The van der Waals surface area contributed by atoms with Crippen molar-refractivity contribution in [2.75, 3.05) is 26.3 Å². The van der Waals surface area contributed by atoms with Crippen LogP contribution in [-0.4, -0.2) is 63.0 Å². The highest BCUT2D eigenvalue weighted by atomic mass is 32.2. The third kappa shape index (κ3) is 5.50. The molecule has 1 aromatic rings. The molecule has 2 N–H and O–H groups in total. The first kappa shape index (κ1) is 24.6. The first-order chi connectivity index (χ1) is 15.6. The Bertz CT molecular complexity index is 1070. The lowest BCUT2D eigenvalue weighted by Crippen LogP contribution is -2.50. The number of carbonyl (C=O) groups excluding carboxylic acids is 3. The summed E-state index contributed by atoms with van der Waals surface area (Å²) < 4.78 is 50.9. The minimum Gasteiger partial charge on any atom is -0.463 e. The number of carbonyl (C=O) groups is 3. The van der Waals surface area contributed by atoms with E-state index < -0.39 is 50.7 Å². The topological polar surface area (TPSA) is 131 Å². The van der Waals surface area contributed by atoms with Gasteiger partial charge in [-0.25, -0.2) is 22.4 Å². The number of halogens is 1. The molecule has 2 aliphatic heterocycles. The number of nitrogens with zero attached hydrogens (tertiary/aromatic N) is 1. The van der Waals surface area contributed by atoms with Crippen molar-refractivity contribution in [3.8, 4) is 0 Å². The highest BCUT2D eigenvalue weighted by Crippen LogP contribution is 2.26. The molecule has 1 aromatic carbocycles. The van der Waals surface area contributed by atoms with Crippen molar-refractivity contribution in [2.45, 2.75) is 37.6 Å². The Morgan fingerprint density at radius 2 is 1.85 bits per heavy atom. The Balaban J connectivity index is 1.62. The van der Waals surface area contributed by atoms with E-state index in [9.17, 15) is 27.2 Å². The van der Waals surface area contributed by atoms with Gasteiger partial charge in [0.15, 0.2) is 0 Å². The Kier molecular flexibility index (Phi) is 7.69. The summed E-state index contributed by atoms with van der Waals surface area (Å²) >= 11 is 0. The van der Waals surface area contributed by atoms with Crippen LogP contribution >= 0.6 is 0 Å². The number of hydrogen-bond acceptors (Lipinski definition) is 7. The molecule has 0 radical (unpaired) electrons. The number of amides is 2. The van der Waals surface area contributed by atoms with Crippen molar-refractivity contribution in [3.05, 3.63) is 41.4 Å². The second-order valence-corrected chi connectivity index (χ2v) is 9.56. The van der Waals surface area contributed by atoms with Gasteiger partial charge in [0.1, 0.15) is 17.3 Å². The summed E-state index contributed by atoms with van der Waals surface area (Å²) in [7, 11) is -4.01. The number of benzene rings is 1. The van der Waals surface area contributed by atoms with Crippen molar-refractivity contribution in [2.24, 2.45) is 5.92 Å². The molecule has 3 rings (SSSR count). The van der Waals surface area contributed by atoms with Crippen LogP contribution in [0.1, 0.15) is 26.7 Å². The summed E-state index contributed by atoms with van der Waals surface area (Å²) in [6.45, 7) is 3.13. The van der Waals surface area contributed by atoms with Crippen LogP contribution in [0.5, 0.6) is 0 Å². The van der Waals surface area contributed by atoms with E-state index in [-0.39, 0.29) is 50.4 Å². The van der Waals surface area contributed by atoms with Gasteiger partial charge in [-0.3, -0.25) is 4.79 Å². The van der Waals surface area contributed by atoms with E-state index in [1.165, 1.54) is 18.2 Å². The van der Waals surface area contributed by atoms with Gasteiger partial charge in [0.05, 0.1) is 29.8 Å². The Morgan fingerprint density at radius 3 is 2.48 bits per heavy atom. The largest absolute Gasteiger partial charge is 0.463 e. The van der Waals surface area contributed by atoms with E-state index in [1.807, 2.05) is 0 Å². The maximum absolute atomic E-state index is 14.0. The number of rotatable bonds is 7. The molecule has 1 saturated heterocycles. The van der Waals surface area contributed by atoms with Gasteiger partial charge >= 0.3 is 18.0 Å². The second kappa shape index (κ2) is 10.3. The van der Waals surface area contributed by atoms with Crippen molar-refractivity contribution >= 4 is 28.0 Å². The van der Waals surface area contributed by atoms with Gasteiger partial charge < -0.3 is 20.1 Å². The molecule has 33 heavy (non-hydrogen) atoms. The molecule has 0 bridgehead atoms. The van der Waals surface area contributed by atoms with Gasteiger partial charge in [0.25, 0.3) is 0 Å². The quantitative estimate of drug-likeness (QED) is 0.559. The van der Waals surface area contributed by atoms with Crippen LogP contribution < -0.4 is 10.6 Å². The SMILES string of the molecule is CCOC(=O)C1=C(COC(=O)C2CCN(S(=O)(=O)c3ccccc3F)CC2)NC(=O)N[C@H]1C. The second-order valence-electron chi connectivity index (χ2n) is 7.65. The molecule has 0 saturated carbocycles. The lowest BCUT2D eigenvalue weighted by Gasteiger charge is -2.30. The predicted molar refractivity (Wildman–Crippen MR) is 114 cm³/mol. The van der Waals surface area contributed by atoms with Crippen LogP contribution in [0.15, 0.2) is 40.4 Å². The number of ether oxygens (including phenoxy) is 2. The third-order valence-electron chi connectivity index (χ3n) is 5.47. The molecule has 2 heterocycles. The van der Waals surface area contributed by atoms with Crippen molar-refractivity contribution < 1.29 is 36.7 Å². The fourth-order valence-corrected chi connectivity index (χ4v) is 5.31. The highest BCUT2D eigenvalue weighted by molar-refractivity contribution is 7.89. The van der Waals surface area contributed by atoms with Gasteiger partial charge in [0.2, 0.25) is 10.0 Å². The van der Waals surface area contributed by atoms with E-state index in [0.717, 1.165) is 10.4 Å². The normalized spacial score (nSPS) is 20.1. The Hall–Kier alpha value is -2.99. The van der Waals surface area contributed by atoms with Gasteiger partial charge in [-0.1, -0.05) is 12.1 Å². The molecule has 12 heteroatoms. The lowest BCUT2D eigenvalue weighted by atomic mass is 9.98. The number of urea groups is 1. The first-order valence-corrected chi connectivity index (χ1v) is 12.0. The summed E-state index contributed by atoms with van der Waals surface area (Å²) in [6.07, 6.45) is 0.390. The maximum atomic E-state index is 14.0. The van der Waals surface area contributed by atoms with Gasteiger partial charge in [-0.2, -0.15) is 4.31 Å². The van der Waals surface area contributed by atoms with Gasteiger partial charge in [0, 0.05) is 13.1 Å². The maximum Gasteiger partial charge on any atom is 0.338 e. The summed E-state index contributed by atoms with van der Waals surface area (Å²) in [5.74, 6) is -2.61. The van der Waals surface area contributed by atoms with Crippen molar-refractivity contribution in [3.63, 3.8) is 0 Å². The molecule has 0 spiro atoms. The fraction of sp³-hybridized carbons (Fsp3) is 0.476. The average Bonchev–Trinajstić information content (AvgIpc) is 2.77. The molecule has 180 valence electrons. The first-order valence-electron chi connectivity index (χ1n) is 10.5. The third-order valence-corrected chi connectivity index (χ3v) is 7.40. The fourth-order valence-electron chi connectivity index (χ4n) is 3.78. The molecule has 0 aliphatic carbocycles. The van der Waals surface area contributed by atoms with Crippen molar-refractivity contribution in [1.29, 1.82) is 0 Å². The molecule has 2 aliphatic rings. The standard InChI is InChI=1S/C21H26FN3O7S/c1-3-31-20(27)18-13(2)23-21(28)24-16(18)12-32-19(26)14-8-10-25(11-9-14)33(29,30)17-7-5-4-6-15(17)22/h4-7,13-14H,3,8-12H2,1-2H3,(H2,23,24,28)/t13-/m0/s1. The monoisotopic (exact) mass is 483 g/mol. The van der Waals surface area contributed by atoms with E-state index >= 15 is 0 Å². The summed E-state index contributed by atoms with van der Waals surface area (Å²) in [6, 6.07) is 3.97. The molecular weight excluding hydrogens is 457 g/mol. The number of esters is 2.